The quantitative estimate of drug-likeness (QED) is 0.547. The lowest BCUT2D eigenvalue weighted by molar-refractivity contribution is -0.464. The molecule has 0 amide bonds. The Bertz CT molecular complexity index is 901. The number of methoxy groups -OCH3 is 1. The molecule has 1 aromatic carbocycles. The zero-order chi connectivity index (χ0) is 15.5. The first kappa shape index (κ1) is 13.7. The molecule has 7 heteroatoms. The molecule has 2 heterocycles. The van der Waals surface area contributed by atoms with Gasteiger partial charge in [0.05, 0.1) is 29.6 Å². The van der Waals surface area contributed by atoms with Crippen LogP contribution in [0.3, 0.4) is 0 Å². The first-order chi connectivity index (χ1) is 10.7. The number of fused-ring (bicyclic) bond motifs is 1. The molecule has 0 spiro atoms. The third kappa shape index (κ3) is 2.51. The average molecular weight is 296 g/mol. The van der Waals surface area contributed by atoms with Crippen molar-refractivity contribution in [2.45, 2.75) is 0 Å². The molecule has 110 valence electrons. The first-order valence-electron chi connectivity index (χ1n) is 6.47. The Morgan fingerprint density at radius 3 is 2.86 bits per heavy atom. The maximum absolute atomic E-state index is 12.2. The van der Waals surface area contributed by atoms with Gasteiger partial charge in [0.1, 0.15) is 11.2 Å². The van der Waals surface area contributed by atoms with E-state index in [1.54, 1.807) is 36.4 Å². The summed E-state index contributed by atoms with van der Waals surface area (Å²) in [4.78, 5) is 20.1. The van der Waals surface area contributed by atoms with Crippen LogP contribution in [-0.4, -0.2) is 23.0 Å². The molecule has 2 aromatic heterocycles. The summed E-state index contributed by atoms with van der Waals surface area (Å²) in [5.74, 6) is 0.473. The van der Waals surface area contributed by atoms with E-state index in [-0.39, 0.29) is 11.2 Å². The Balaban J connectivity index is 2.01. The van der Waals surface area contributed by atoms with Gasteiger partial charge in [-0.2, -0.15) is 0 Å². The summed E-state index contributed by atoms with van der Waals surface area (Å²) in [6.07, 6.45) is 4.03. The zero-order valence-corrected chi connectivity index (χ0v) is 11.7. The molecule has 0 atom stereocenters. The molecule has 0 saturated carbocycles. The van der Waals surface area contributed by atoms with Crippen LogP contribution in [0, 0.1) is 10.1 Å². The number of pyridine rings is 1. The van der Waals surface area contributed by atoms with Crippen LogP contribution < -0.4 is 9.16 Å². The van der Waals surface area contributed by atoms with E-state index >= 15 is 0 Å². The SMILES string of the molecule is COc1ccc(N=Cc2c[n+](=O)c3ccccc3n2[O-])cn1. The second-order valence-corrected chi connectivity index (χ2v) is 4.48. The van der Waals surface area contributed by atoms with Gasteiger partial charge in [0, 0.05) is 17.0 Å². The number of aliphatic imine (C=N–C) groups is 1. The standard InChI is InChI=1S/C15H12N4O3/c1-22-15-7-6-11(8-17-15)16-9-12-10-18(20)13-4-2-3-5-14(13)19(12)21/h2-10H,1H3. The summed E-state index contributed by atoms with van der Waals surface area (Å²) in [7, 11) is 1.52. The van der Waals surface area contributed by atoms with Gasteiger partial charge in [-0.05, 0) is 12.1 Å². The van der Waals surface area contributed by atoms with Gasteiger partial charge in [-0.1, -0.05) is 12.1 Å². The van der Waals surface area contributed by atoms with E-state index in [4.69, 9.17) is 4.74 Å². The highest BCUT2D eigenvalue weighted by Gasteiger charge is 2.09. The van der Waals surface area contributed by atoms with Crippen molar-refractivity contribution in [2.75, 3.05) is 7.11 Å². The van der Waals surface area contributed by atoms with Gasteiger partial charge in [0.25, 0.3) is 11.7 Å². The van der Waals surface area contributed by atoms with Gasteiger partial charge < -0.3 is 14.7 Å². The smallest absolute Gasteiger partial charge is 0.286 e. The highest BCUT2D eigenvalue weighted by Crippen LogP contribution is 2.15. The molecule has 0 radical (unpaired) electrons. The maximum Gasteiger partial charge on any atom is 0.286 e. The van der Waals surface area contributed by atoms with Gasteiger partial charge in [-0.3, -0.25) is 4.99 Å². The number of benzene rings is 1. The van der Waals surface area contributed by atoms with Crippen molar-refractivity contribution < 1.29 is 9.16 Å². The Hall–Kier alpha value is -3.22. The summed E-state index contributed by atoms with van der Waals surface area (Å²) in [5, 5.41) is 12.2. The highest BCUT2D eigenvalue weighted by molar-refractivity contribution is 5.83. The van der Waals surface area contributed by atoms with Crippen LogP contribution in [0.2, 0.25) is 0 Å². The topological polar surface area (TPSA) is 85.4 Å². The molecule has 3 rings (SSSR count). The van der Waals surface area contributed by atoms with E-state index in [9.17, 15) is 10.1 Å². The molecule has 0 aliphatic rings. The van der Waals surface area contributed by atoms with E-state index in [2.05, 4.69) is 9.98 Å². The largest absolute Gasteiger partial charge is 0.805 e. The van der Waals surface area contributed by atoms with Crippen molar-refractivity contribution in [1.82, 2.24) is 9.71 Å². The fraction of sp³-hybridized carbons (Fsp3) is 0.0667. The van der Waals surface area contributed by atoms with Crippen LogP contribution in [0.15, 0.2) is 53.8 Å². The molecule has 7 nitrogen and oxygen atoms in total. The third-order valence-electron chi connectivity index (χ3n) is 3.10. The average Bonchev–Trinajstić information content (AvgIpc) is 2.57. The van der Waals surface area contributed by atoms with Crippen molar-refractivity contribution in [3.05, 3.63) is 64.6 Å². The fourth-order valence-corrected chi connectivity index (χ4v) is 2.00. The monoisotopic (exact) mass is 296 g/mol. The molecule has 3 aromatic rings. The van der Waals surface area contributed by atoms with Crippen molar-refractivity contribution >= 4 is 22.9 Å². The summed E-state index contributed by atoms with van der Waals surface area (Å²) in [6.45, 7) is 0. The summed E-state index contributed by atoms with van der Waals surface area (Å²) in [6, 6.07) is 9.93. The Kier molecular flexibility index (Phi) is 3.53. The molecule has 0 N–H and O–H groups in total. The number of hydrogen-bond acceptors (Lipinski definition) is 5. The van der Waals surface area contributed by atoms with Crippen LogP contribution in [0.5, 0.6) is 5.88 Å². The van der Waals surface area contributed by atoms with Crippen LogP contribution >= 0.6 is 0 Å². The summed E-state index contributed by atoms with van der Waals surface area (Å²) >= 11 is 0. The van der Waals surface area contributed by atoms with Crippen molar-refractivity contribution in [2.24, 2.45) is 4.99 Å². The van der Waals surface area contributed by atoms with Gasteiger partial charge in [-0.15, -0.1) is 0 Å². The lowest BCUT2D eigenvalue weighted by Gasteiger charge is -2.13. The highest BCUT2D eigenvalue weighted by atomic mass is 16.5. The van der Waals surface area contributed by atoms with E-state index in [1.165, 1.54) is 25.7 Å². The summed E-state index contributed by atoms with van der Waals surface area (Å²) in [5.41, 5.74) is 1.28. The molecular weight excluding hydrogens is 284 g/mol. The number of aromatic nitrogens is 3. The third-order valence-corrected chi connectivity index (χ3v) is 3.10. The Labute approximate surface area is 125 Å². The Morgan fingerprint density at radius 2 is 2.14 bits per heavy atom. The predicted molar refractivity (Wildman–Crippen MR) is 82.1 cm³/mol. The normalized spacial score (nSPS) is 11.1. The maximum atomic E-state index is 12.2. The van der Waals surface area contributed by atoms with E-state index in [0.717, 1.165) is 0 Å². The Morgan fingerprint density at radius 1 is 1.32 bits per heavy atom. The lowest BCUT2D eigenvalue weighted by atomic mass is 10.3. The van der Waals surface area contributed by atoms with E-state index < -0.39 is 0 Å². The van der Waals surface area contributed by atoms with Gasteiger partial charge in [-0.25, -0.2) is 4.98 Å². The minimum absolute atomic E-state index is 0.143. The molecule has 0 aliphatic heterocycles. The van der Waals surface area contributed by atoms with Crippen molar-refractivity contribution in [3.63, 3.8) is 0 Å². The molecule has 0 fully saturated rings. The van der Waals surface area contributed by atoms with Crippen LogP contribution in [0.4, 0.5) is 5.69 Å². The predicted octanol–water partition coefficient (Wildman–Crippen LogP) is 2.06. The number of hydrogen-bond donors (Lipinski definition) is 0. The molecule has 22 heavy (non-hydrogen) atoms. The molecule has 0 bridgehead atoms. The van der Waals surface area contributed by atoms with Crippen molar-refractivity contribution in [3.8, 4) is 5.88 Å². The number of nitrogens with zero attached hydrogens (tertiary/aromatic N) is 4. The zero-order valence-electron chi connectivity index (χ0n) is 11.7. The van der Waals surface area contributed by atoms with Gasteiger partial charge >= 0.3 is 0 Å². The van der Waals surface area contributed by atoms with Crippen LogP contribution in [-0.2, 0) is 0 Å². The van der Waals surface area contributed by atoms with E-state index in [1.807, 2.05) is 0 Å². The lowest BCUT2D eigenvalue weighted by Crippen LogP contribution is -2.19. The summed E-state index contributed by atoms with van der Waals surface area (Å²) < 4.78 is 6.27. The molecular formula is C15H12N4O3. The van der Waals surface area contributed by atoms with E-state index in [0.29, 0.717) is 26.2 Å². The van der Waals surface area contributed by atoms with Crippen LogP contribution in [0.25, 0.3) is 11.0 Å². The van der Waals surface area contributed by atoms with Gasteiger partial charge in [0.2, 0.25) is 5.88 Å². The molecule has 0 unspecified atom stereocenters. The van der Waals surface area contributed by atoms with Crippen LogP contribution in [0.1, 0.15) is 5.69 Å². The number of ether oxygens (including phenoxy) is 1. The second kappa shape index (κ2) is 5.65. The van der Waals surface area contributed by atoms with Crippen molar-refractivity contribution in [1.29, 1.82) is 0 Å². The first-order valence-corrected chi connectivity index (χ1v) is 6.47. The minimum atomic E-state index is 0.143. The molecule has 0 saturated heterocycles. The number of para-hydroxylation sites is 2. The fourth-order valence-electron chi connectivity index (χ4n) is 2.00. The van der Waals surface area contributed by atoms with Gasteiger partial charge in [0.15, 0.2) is 0 Å². The second-order valence-electron chi connectivity index (χ2n) is 4.48. The molecule has 0 aliphatic carbocycles. The number of rotatable bonds is 3. The minimum Gasteiger partial charge on any atom is -0.805 e.